The van der Waals surface area contributed by atoms with Gasteiger partial charge in [0.15, 0.2) is 0 Å². The van der Waals surface area contributed by atoms with E-state index >= 15 is 0 Å². The van der Waals surface area contributed by atoms with E-state index in [4.69, 9.17) is 10.9 Å². The molecule has 0 saturated heterocycles. The zero-order chi connectivity index (χ0) is 14.8. The average molecular weight is 295 g/mol. The molecule has 0 radical (unpaired) electrons. The topological polar surface area (TPSA) is 116 Å². The van der Waals surface area contributed by atoms with Gasteiger partial charge >= 0.3 is 0 Å². The molecule has 2 aromatic rings. The van der Waals surface area contributed by atoms with Crippen molar-refractivity contribution in [3.63, 3.8) is 0 Å². The quantitative estimate of drug-likeness (QED) is 0.686. The van der Waals surface area contributed by atoms with Crippen LogP contribution in [0.3, 0.4) is 0 Å². The molecule has 0 unspecified atom stereocenters. The second-order valence-corrected chi connectivity index (χ2v) is 6.02. The lowest BCUT2D eigenvalue weighted by Crippen LogP contribution is -2.14. The summed E-state index contributed by atoms with van der Waals surface area (Å²) in [6, 6.07) is 6.39. The van der Waals surface area contributed by atoms with Crippen LogP contribution in [-0.2, 0) is 23.5 Å². The number of hydrogen-bond donors (Lipinski definition) is 3. The van der Waals surface area contributed by atoms with Gasteiger partial charge in [0.2, 0.25) is 10.0 Å². The van der Waals surface area contributed by atoms with Gasteiger partial charge in [-0.1, -0.05) is 0 Å². The van der Waals surface area contributed by atoms with Gasteiger partial charge in [0, 0.05) is 43.3 Å². The molecule has 1 aromatic carbocycles. The zero-order valence-electron chi connectivity index (χ0n) is 11.1. The summed E-state index contributed by atoms with van der Waals surface area (Å²) in [5.74, 6) is 0. The standard InChI is InChI=1S/C12H17N5O2S/c1-17-11(3-5-16-17)2-4-15-10-6-9(13)7-12(8-10)20(14,18)19/h3,5-8,15H,2,4,13H2,1H3,(H2,14,18,19). The minimum absolute atomic E-state index is 0.000494. The van der Waals surface area contributed by atoms with Crippen molar-refractivity contribution in [3.8, 4) is 0 Å². The highest BCUT2D eigenvalue weighted by molar-refractivity contribution is 7.89. The maximum atomic E-state index is 11.3. The fourth-order valence-electron chi connectivity index (χ4n) is 1.87. The van der Waals surface area contributed by atoms with Crippen LogP contribution in [-0.4, -0.2) is 24.7 Å². The lowest BCUT2D eigenvalue weighted by Gasteiger charge is -2.09. The van der Waals surface area contributed by atoms with Crippen LogP contribution in [0.25, 0.3) is 0 Å². The molecule has 0 aliphatic heterocycles. The predicted molar refractivity (Wildman–Crippen MR) is 77.6 cm³/mol. The molecule has 0 spiro atoms. The van der Waals surface area contributed by atoms with Crippen LogP contribution >= 0.6 is 0 Å². The van der Waals surface area contributed by atoms with Crippen molar-refractivity contribution < 1.29 is 8.42 Å². The van der Waals surface area contributed by atoms with Crippen molar-refractivity contribution >= 4 is 21.4 Å². The summed E-state index contributed by atoms with van der Waals surface area (Å²) < 4.78 is 24.4. The number of benzene rings is 1. The highest BCUT2D eigenvalue weighted by Crippen LogP contribution is 2.19. The lowest BCUT2D eigenvalue weighted by atomic mass is 10.2. The summed E-state index contributed by atoms with van der Waals surface area (Å²) in [5, 5.41) is 12.3. The lowest BCUT2D eigenvalue weighted by molar-refractivity contribution is 0.598. The first kappa shape index (κ1) is 14.4. The van der Waals surface area contributed by atoms with Crippen LogP contribution in [0.1, 0.15) is 5.69 Å². The maximum Gasteiger partial charge on any atom is 0.238 e. The first-order chi connectivity index (χ1) is 9.36. The van der Waals surface area contributed by atoms with Crippen molar-refractivity contribution in [1.82, 2.24) is 9.78 Å². The van der Waals surface area contributed by atoms with E-state index in [2.05, 4.69) is 10.4 Å². The van der Waals surface area contributed by atoms with E-state index < -0.39 is 10.0 Å². The van der Waals surface area contributed by atoms with Crippen LogP contribution < -0.4 is 16.2 Å². The molecule has 20 heavy (non-hydrogen) atoms. The van der Waals surface area contributed by atoms with Crippen molar-refractivity contribution in [3.05, 3.63) is 36.2 Å². The van der Waals surface area contributed by atoms with Crippen LogP contribution in [0, 0.1) is 0 Å². The summed E-state index contributed by atoms with van der Waals surface area (Å²) in [5.41, 5.74) is 7.72. The largest absolute Gasteiger partial charge is 0.399 e. The third-order valence-corrected chi connectivity index (χ3v) is 3.78. The summed E-state index contributed by atoms with van der Waals surface area (Å²) in [6.07, 6.45) is 2.49. The number of nitrogens with zero attached hydrogens (tertiary/aromatic N) is 2. The molecular formula is C12H17N5O2S. The minimum atomic E-state index is -3.76. The number of aryl methyl sites for hydroxylation is 1. The number of nitrogens with one attached hydrogen (secondary N) is 1. The molecule has 8 heteroatoms. The molecule has 0 saturated carbocycles. The van der Waals surface area contributed by atoms with Crippen molar-refractivity contribution in [2.24, 2.45) is 12.2 Å². The molecule has 0 aliphatic rings. The Labute approximate surface area is 117 Å². The van der Waals surface area contributed by atoms with Crippen molar-refractivity contribution in [2.45, 2.75) is 11.3 Å². The molecule has 1 aromatic heterocycles. The Morgan fingerprint density at radius 1 is 1.35 bits per heavy atom. The number of nitrogen functional groups attached to an aromatic ring is 1. The molecule has 0 amide bonds. The summed E-state index contributed by atoms with van der Waals surface area (Å²) in [4.78, 5) is 0.000494. The molecule has 108 valence electrons. The van der Waals surface area contributed by atoms with E-state index in [9.17, 15) is 8.42 Å². The summed E-state index contributed by atoms with van der Waals surface area (Å²) in [7, 11) is -1.89. The van der Waals surface area contributed by atoms with Gasteiger partial charge in [0.1, 0.15) is 0 Å². The third kappa shape index (κ3) is 3.49. The van der Waals surface area contributed by atoms with Gasteiger partial charge in [-0.2, -0.15) is 5.10 Å². The van der Waals surface area contributed by atoms with Crippen LogP contribution in [0.2, 0.25) is 0 Å². The second-order valence-electron chi connectivity index (χ2n) is 4.46. The fourth-order valence-corrected chi connectivity index (χ4v) is 2.46. The van der Waals surface area contributed by atoms with E-state index in [1.807, 2.05) is 13.1 Å². The SMILES string of the molecule is Cn1nccc1CCNc1cc(N)cc(S(N)(=O)=O)c1. The van der Waals surface area contributed by atoms with E-state index in [-0.39, 0.29) is 4.90 Å². The van der Waals surface area contributed by atoms with Gasteiger partial charge in [0.05, 0.1) is 4.90 Å². The Kier molecular flexibility index (Phi) is 3.96. The van der Waals surface area contributed by atoms with Gasteiger partial charge in [-0.15, -0.1) is 0 Å². The smallest absolute Gasteiger partial charge is 0.238 e. The molecule has 1 heterocycles. The van der Waals surface area contributed by atoms with Gasteiger partial charge in [-0.05, 0) is 24.3 Å². The highest BCUT2D eigenvalue weighted by atomic mass is 32.2. The van der Waals surface area contributed by atoms with E-state index in [1.165, 1.54) is 12.1 Å². The number of hydrogen-bond acceptors (Lipinski definition) is 5. The van der Waals surface area contributed by atoms with Crippen LogP contribution in [0.15, 0.2) is 35.4 Å². The van der Waals surface area contributed by atoms with Gasteiger partial charge in [-0.3, -0.25) is 4.68 Å². The van der Waals surface area contributed by atoms with Gasteiger partial charge in [-0.25, -0.2) is 13.6 Å². The Bertz CT molecular complexity index is 708. The molecule has 0 fully saturated rings. The number of primary sulfonamides is 1. The maximum absolute atomic E-state index is 11.3. The first-order valence-electron chi connectivity index (χ1n) is 6.00. The predicted octanol–water partition coefficient (Wildman–Crippen LogP) is 0.304. The zero-order valence-corrected chi connectivity index (χ0v) is 11.9. The average Bonchev–Trinajstić information content (AvgIpc) is 2.73. The third-order valence-electron chi connectivity index (χ3n) is 2.89. The van der Waals surface area contributed by atoms with Crippen molar-refractivity contribution in [1.29, 1.82) is 0 Å². The fraction of sp³-hybridized carbons (Fsp3) is 0.250. The summed E-state index contributed by atoms with van der Waals surface area (Å²) in [6.45, 7) is 0.632. The molecule has 2 rings (SSSR count). The number of sulfonamides is 1. The first-order valence-corrected chi connectivity index (χ1v) is 7.55. The molecule has 0 aliphatic carbocycles. The van der Waals surface area contributed by atoms with E-state index in [0.29, 0.717) is 17.9 Å². The van der Waals surface area contributed by atoms with Gasteiger partial charge in [0.25, 0.3) is 0 Å². The Hall–Kier alpha value is -2.06. The van der Waals surface area contributed by atoms with Crippen LogP contribution in [0.4, 0.5) is 11.4 Å². The Balaban J connectivity index is 2.07. The molecule has 0 atom stereocenters. The molecule has 0 bridgehead atoms. The number of anilines is 2. The van der Waals surface area contributed by atoms with Crippen molar-refractivity contribution in [2.75, 3.05) is 17.6 Å². The van der Waals surface area contributed by atoms with E-state index in [1.54, 1.807) is 16.9 Å². The van der Waals surface area contributed by atoms with Crippen LogP contribution in [0.5, 0.6) is 0 Å². The minimum Gasteiger partial charge on any atom is -0.399 e. The Morgan fingerprint density at radius 3 is 2.70 bits per heavy atom. The normalized spacial score (nSPS) is 11.5. The van der Waals surface area contributed by atoms with E-state index in [0.717, 1.165) is 12.1 Å². The molecule has 5 N–H and O–H groups in total. The number of nitrogens with two attached hydrogens (primary N) is 2. The molecular weight excluding hydrogens is 278 g/mol. The Morgan fingerprint density at radius 2 is 2.10 bits per heavy atom. The highest BCUT2D eigenvalue weighted by Gasteiger charge is 2.09. The number of rotatable bonds is 5. The summed E-state index contributed by atoms with van der Waals surface area (Å²) >= 11 is 0. The molecule has 7 nitrogen and oxygen atoms in total. The van der Waals surface area contributed by atoms with Gasteiger partial charge < -0.3 is 11.1 Å². The number of aromatic nitrogens is 2. The second kappa shape index (κ2) is 5.51. The monoisotopic (exact) mass is 295 g/mol.